The molecule has 0 aromatic heterocycles. The van der Waals surface area contributed by atoms with E-state index in [9.17, 15) is 24.5 Å². The van der Waals surface area contributed by atoms with Crippen LogP contribution in [0, 0.1) is 10.1 Å². The van der Waals surface area contributed by atoms with E-state index in [4.69, 9.17) is 4.74 Å². The van der Waals surface area contributed by atoms with Gasteiger partial charge in [-0.15, -0.1) is 0 Å². The molecule has 0 saturated carbocycles. The van der Waals surface area contributed by atoms with Gasteiger partial charge in [-0.05, 0) is 51.8 Å². The first kappa shape index (κ1) is 25.2. The fraction of sp³-hybridized carbons (Fsp3) is 0.0833. The van der Waals surface area contributed by atoms with Crippen LogP contribution in [0.2, 0.25) is 0 Å². The predicted octanol–water partition coefficient (Wildman–Crippen LogP) is 3.85. The largest absolute Gasteiger partial charge is 0.423 e. The number of nitrogens with zero attached hydrogens (tertiary/aromatic N) is 2. The molecule has 3 aromatic rings. The molecule has 0 saturated heterocycles. The third-order valence-electron chi connectivity index (χ3n) is 4.52. The normalized spacial score (nSPS) is 10.5. The molecule has 3 aromatic carbocycles. The lowest BCUT2D eigenvalue weighted by molar-refractivity contribution is -0.384. The zero-order chi connectivity index (χ0) is 25.2. The number of nitrogens with one attached hydrogen (secondary N) is 2. The number of ether oxygens (including phenoxy) is 1. The summed E-state index contributed by atoms with van der Waals surface area (Å²) in [5, 5.41) is 17.4. The fourth-order valence-corrected chi connectivity index (χ4v) is 3.30. The molecular formula is C24H19BrN4O6. The van der Waals surface area contributed by atoms with Crippen LogP contribution in [0.5, 0.6) is 5.75 Å². The molecule has 0 bridgehead atoms. The summed E-state index contributed by atoms with van der Waals surface area (Å²) in [5.41, 5.74) is 3.19. The highest BCUT2D eigenvalue weighted by Crippen LogP contribution is 2.18. The van der Waals surface area contributed by atoms with E-state index in [0.29, 0.717) is 15.6 Å². The number of esters is 1. The van der Waals surface area contributed by atoms with Crippen molar-refractivity contribution in [1.29, 1.82) is 0 Å². The number of rotatable bonds is 9. The number of nitro groups is 1. The second-order valence-corrected chi connectivity index (χ2v) is 7.90. The van der Waals surface area contributed by atoms with Crippen LogP contribution in [-0.2, 0) is 4.79 Å². The van der Waals surface area contributed by atoms with Crippen LogP contribution in [0.1, 0.15) is 32.7 Å². The molecule has 0 unspecified atom stereocenters. The van der Waals surface area contributed by atoms with Gasteiger partial charge in [-0.1, -0.05) is 30.3 Å². The molecule has 0 radical (unpaired) electrons. The lowest BCUT2D eigenvalue weighted by Gasteiger charge is -2.06. The number of hydrogen-bond donors (Lipinski definition) is 2. The van der Waals surface area contributed by atoms with Crippen molar-refractivity contribution in [3.63, 3.8) is 0 Å². The standard InChI is InChI=1S/C24H19BrN4O6/c25-21-10-2-1-9-20(21)23(31)26-12-11-22(30)28-27-15-16-5-3-8-19(13-16)35-24(32)17-6-4-7-18(14-17)29(33)34/h1-10,13-15H,11-12H2,(H,26,31)(H,28,30). The molecule has 0 spiro atoms. The molecule has 0 aliphatic heterocycles. The molecule has 0 fully saturated rings. The average molecular weight is 539 g/mol. The fourth-order valence-electron chi connectivity index (χ4n) is 2.84. The van der Waals surface area contributed by atoms with Crippen molar-refractivity contribution < 1.29 is 24.0 Å². The van der Waals surface area contributed by atoms with Crippen LogP contribution in [-0.4, -0.2) is 35.5 Å². The third-order valence-corrected chi connectivity index (χ3v) is 5.21. The number of hydrazone groups is 1. The van der Waals surface area contributed by atoms with E-state index in [2.05, 4.69) is 31.8 Å². The van der Waals surface area contributed by atoms with Gasteiger partial charge in [-0.2, -0.15) is 5.10 Å². The average Bonchev–Trinajstić information content (AvgIpc) is 2.84. The van der Waals surface area contributed by atoms with E-state index < -0.39 is 16.8 Å². The van der Waals surface area contributed by atoms with Crippen LogP contribution in [0.25, 0.3) is 0 Å². The molecule has 0 aliphatic rings. The van der Waals surface area contributed by atoms with Crippen LogP contribution in [0.4, 0.5) is 5.69 Å². The molecule has 10 nitrogen and oxygen atoms in total. The number of benzene rings is 3. The van der Waals surface area contributed by atoms with Crippen molar-refractivity contribution in [2.75, 3.05) is 6.54 Å². The van der Waals surface area contributed by atoms with E-state index in [1.807, 2.05) is 0 Å². The van der Waals surface area contributed by atoms with Crippen LogP contribution >= 0.6 is 15.9 Å². The van der Waals surface area contributed by atoms with Crippen molar-refractivity contribution >= 4 is 45.6 Å². The molecule has 2 N–H and O–H groups in total. The topological polar surface area (TPSA) is 140 Å². The van der Waals surface area contributed by atoms with Gasteiger partial charge in [0.1, 0.15) is 5.75 Å². The Morgan fingerprint density at radius 2 is 1.80 bits per heavy atom. The predicted molar refractivity (Wildman–Crippen MR) is 131 cm³/mol. The number of amides is 2. The number of carbonyl (C=O) groups is 3. The lowest BCUT2D eigenvalue weighted by atomic mass is 10.2. The summed E-state index contributed by atoms with van der Waals surface area (Å²) in [7, 11) is 0. The molecule has 178 valence electrons. The van der Waals surface area contributed by atoms with Gasteiger partial charge in [0.15, 0.2) is 0 Å². The van der Waals surface area contributed by atoms with Crippen molar-refractivity contribution in [2.24, 2.45) is 5.10 Å². The molecule has 3 rings (SSSR count). The lowest BCUT2D eigenvalue weighted by Crippen LogP contribution is -2.29. The van der Waals surface area contributed by atoms with Crippen LogP contribution < -0.4 is 15.5 Å². The van der Waals surface area contributed by atoms with Gasteiger partial charge in [0.05, 0.1) is 22.3 Å². The summed E-state index contributed by atoms with van der Waals surface area (Å²) < 4.78 is 5.93. The minimum atomic E-state index is -0.749. The van der Waals surface area contributed by atoms with Crippen molar-refractivity contribution in [3.8, 4) is 5.75 Å². The summed E-state index contributed by atoms with van der Waals surface area (Å²) in [6.45, 7) is 0.130. The molecule has 2 amide bonds. The summed E-state index contributed by atoms with van der Waals surface area (Å²) >= 11 is 3.30. The number of non-ortho nitro benzene ring substituents is 1. The molecule has 0 heterocycles. The van der Waals surface area contributed by atoms with Gasteiger partial charge >= 0.3 is 5.97 Å². The van der Waals surface area contributed by atoms with E-state index >= 15 is 0 Å². The van der Waals surface area contributed by atoms with Gasteiger partial charge < -0.3 is 10.1 Å². The van der Waals surface area contributed by atoms with E-state index in [1.54, 1.807) is 42.5 Å². The molecule has 0 aliphatic carbocycles. The monoisotopic (exact) mass is 538 g/mol. The molecule has 35 heavy (non-hydrogen) atoms. The van der Waals surface area contributed by atoms with Gasteiger partial charge in [0, 0.05) is 29.6 Å². The van der Waals surface area contributed by atoms with Gasteiger partial charge in [-0.3, -0.25) is 19.7 Å². The maximum atomic E-state index is 12.3. The Morgan fingerprint density at radius 1 is 1.03 bits per heavy atom. The Labute approximate surface area is 208 Å². The zero-order valence-corrected chi connectivity index (χ0v) is 19.7. The molecule has 11 heteroatoms. The van der Waals surface area contributed by atoms with Crippen LogP contribution in [0.3, 0.4) is 0 Å². The van der Waals surface area contributed by atoms with Crippen molar-refractivity contribution in [3.05, 3.63) is 104 Å². The quantitative estimate of drug-likeness (QED) is 0.139. The molecule has 0 atom stereocenters. The minimum Gasteiger partial charge on any atom is -0.423 e. The first-order valence-corrected chi connectivity index (χ1v) is 11.0. The summed E-state index contributed by atoms with van der Waals surface area (Å²) in [4.78, 5) is 46.7. The maximum absolute atomic E-state index is 12.3. The van der Waals surface area contributed by atoms with Crippen molar-refractivity contribution in [2.45, 2.75) is 6.42 Å². The first-order valence-electron chi connectivity index (χ1n) is 10.2. The zero-order valence-electron chi connectivity index (χ0n) is 18.1. The summed E-state index contributed by atoms with van der Waals surface area (Å²) in [6.07, 6.45) is 1.39. The number of halogens is 1. The number of carbonyl (C=O) groups excluding carboxylic acids is 3. The SMILES string of the molecule is O=C(CCNC(=O)c1ccccc1Br)NN=Cc1cccc(OC(=O)c2cccc([N+](=O)[O-])c2)c1. The number of nitro benzene ring substituents is 1. The second-order valence-electron chi connectivity index (χ2n) is 7.05. The van der Waals surface area contributed by atoms with Gasteiger partial charge in [0.25, 0.3) is 11.6 Å². The summed E-state index contributed by atoms with van der Waals surface area (Å²) in [6, 6.07) is 18.5. The van der Waals surface area contributed by atoms with Gasteiger partial charge in [-0.25, -0.2) is 10.2 Å². The molecular weight excluding hydrogens is 520 g/mol. The highest BCUT2D eigenvalue weighted by molar-refractivity contribution is 9.10. The second kappa shape index (κ2) is 12.2. The Bertz CT molecular complexity index is 1290. The van der Waals surface area contributed by atoms with E-state index in [-0.39, 0.29) is 35.9 Å². The Balaban J connectivity index is 1.48. The van der Waals surface area contributed by atoms with Crippen LogP contribution in [0.15, 0.2) is 82.4 Å². The maximum Gasteiger partial charge on any atom is 0.343 e. The van der Waals surface area contributed by atoms with Gasteiger partial charge in [0.2, 0.25) is 5.91 Å². The van der Waals surface area contributed by atoms with Crippen molar-refractivity contribution in [1.82, 2.24) is 10.7 Å². The van der Waals surface area contributed by atoms with E-state index in [0.717, 1.165) is 6.07 Å². The third kappa shape index (κ3) is 7.57. The van der Waals surface area contributed by atoms with E-state index in [1.165, 1.54) is 30.5 Å². The Morgan fingerprint density at radius 3 is 2.57 bits per heavy atom. The highest BCUT2D eigenvalue weighted by Gasteiger charge is 2.14. The summed E-state index contributed by atoms with van der Waals surface area (Å²) in [5.74, 6) is -1.25. The highest BCUT2D eigenvalue weighted by atomic mass is 79.9. The minimum absolute atomic E-state index is 0.0222. The Hall–Kier alpha value is -4.38. The number of hydrogen-bond acceptors (Lipinski definition) is 7. The smallest absolute Gasteiger partial charge is 0.343 e. The Kier molecular flexibility index (Phi) is 8.79. The first-order chi connectivity index (χ1) is 16.8.